The molecule has 0 aliphatic rings. The number of aliphatic hydroxyl groups excluding tert-OH is 2. The van der Waals surface area contributed by atoms with Crippen LogP contribution in [0, 0.1) is 0 Å². The summed E-state index contributed by atoms with van der Waals surface area (Å²) in [6, 6.07) is 22.4. The predicted octanol–water partition coefficient (Wildman–Crippen LogP) is 8.00. The SMILES string of the molecule is C=C(CO)CCOc1cccc(-c2ccc(-c3cccc(OCCC(=C)CO)c3)c(OCCCCCCC)c2)c1. The lowest BCUT2D eigenvalue weighted by Gasteiger charge is -2.16. The van der Waals surface area contributed by atoms with Gasteiger partial charge >= 0.3 is 0 Å². The van der Waals surface area contributed by atoms with Crippen molar-refractivity contribution >= 4 is 0 Å². The van der Waals surface area contributed by atoms with E-state index in [1.54, 1.807) is 0 Å². The molecule has 0 saturated carbocycles. The van der Waals surface area contributed by atoms with Crippen molar-refractivity contribution in [2.24, 2.45) is 0 Å². The first kappa shape index (κ1) is 31.0. The number of aliphatic hydroxyl groups is 2. The summed E-state index contributed by atoms with van der Waals surface area (Å²) in [7, 11) is 0. The van der Waals surface area contributed by atoms with Gasteiger partial charge < -0.3 is 24.4 Å². The molecule has 0 fully saturated rings. The average molecular weight is 545 g/mol. The highest BCUT2D eigenvalue weighted by Crippen LogP contribution is 2.36. The van der Waals surface area contributed by atoms with Crippen LogP contribution in [-0.4, -0.2) is 43.2 Å². The van der Waals surface area contributed by atoms with E-state index in [2.05, 4.69) is 50.4 Å². The van der Waals surface area contributed by atoms with E-state index in [-0.39, 0.29) is 13.2 Å². The van der Waals surface area contributed by atoms with Gasteiger partial charge in [0.2, 0.25) is 0 Å². The number of rotatable bonds is 19. The topological polar surface area (TPSA) is 68.2 Å². The van der Waals surface area contributed by atoms with Gasteiger partial charge in [-0.2, -0.15) is 0 Å². The number of ether oxygens (including phenoxy) is 3. The quantitative estimate of drug-likeness (QED) is 0.118. The van der Waals surface area contributed by atoms with Gasteiger partial charge in [-0.3, -0.25) is 0 Å². The highest BCUT2D eigenvalue weighted by molar-refractivity contribution is 5.77. The van der Waals surface area contributed by atoms with Gasteiger partial charge in [-0.05, 0) is 64.6 Å². The standard InChI is InChI=1S/C35H44O5/c1-4-5-6-7-8-19-40-35-24-30(29-11-9-13-32(22-29)38-20-17-27(2)25-36)15-16-34(35)31-12-10-14-33(23-31)39-21-18-28(3)26-37/h9-16,22-24,36-37H,2-8,17-21,25-26H2,1H3. The molecule has 0 radical (unpaired) electrons. The maximum absolute atomic E-state index is 9.19. The maximum Gasteiger partial charge on any atom is 0.127 e. The monoisotopic (exact) mass is 544 g/mol. The van der Waals surface area contributed by atoms with E-state index >= 15 is 0 Å². The van der Waals surface area contributed by atoms with Gasteiger partial charge in [0.05, 0.1) is 33.0 Å². The molecule has 0 bridgehead atoms. The molecule has 3 rings (SSSR count). The van der Waals surface area contributed by atoms with Crippen LogP contribution in [0.25, 0.3) is 22.3 Å². The first-order chi connectivity index (χ1) is 19.5. The highest BCUT2D eigenvalue weighted by Gasteiger charge is 2.11. The van der Waals surface area contributed by atoms with Crippen LogP contribution < -0.4 is 14.2 Å². The van der Waals surface area contributed by atoms with Crippen molar-refractivity contribution in [3.05, 3.63) is 91.0 Å². The summed E-state index contributed by atoms with van der Waals surface area (Å²) >= 11 is 0. The molecule has 5 heteroatoms. The van der Waals surface area contributed by atoms with E-state index in [4.69, 9.17) is 19.3 Å². The van der Waals surface area contributed by atoms with Crippen molar-refractivity contribution in [3.63, 3.8) is 0 Å². The van der Waals surface area contributed by atoms with Crippen molar-refractivity contribution in [2.75, 3.05) is 33.0 Å². The lowest BCUT2D eigenvalue weighted by atomic mass is 9.98. The highest BCUT2D eigenvalue weighted by atomic mass is 16.5. The lowest BCUT2D eigenvalue weighted by Crippen LogP contribution is -2.01. The third kappa shape index (κ3) is 10.2. The molecule has 0 heterocycles. The van der Waals surface area contributed by atoms with Crippen LogP contribution in [0.5, 0.6) is 17.2 Å². The number of unbranched alkanes of at least 4 members (excludes halogenated alkanes) is 4. The van der Waals surface area contributed by atoms with E-state index in [1.165, 1.54) is 19.3 Å². The Morgan fingerprint density at radius 3 is 1.82 bits per heavy atom. The molecule has 2 N–H and O–H groups in total. The van der Waals surface area contributed by atoms with Crippen LogP contribution in [0.2, 0.25) is 0 Å². The molecule has 0 amide bonds. The second-order valence-corrected chi connectivity index (χ2v) is 10.0. The second kappa shape index (κ2) is 17.2. The fraction of sp³-hybridized carbons (Fsp3) is 0.371. The maximum atomic E-state index is 9.19. The smallest absolute Gasteiger partial charge is 0.127 e. The zero-order valence-electron chi connectivity index (χ0n) is 23.9. The predicted molar refractivity (Wildman–Crippen MR) is 164 cm³/mol. The van der Waals surface area contributed by atoms with Gasteiger partial charge in [-0.25, -0.2) is 0 Å². The minimum atomic E-state index is -0.0244. The van der Waals surface area contributed by atoms with Gasteiger partial charge in [0.15, 0.2) is 0 Å². The fourth-order valence-corrected chi connectivity index (χ4v) is 4.25. The molecular weight excluding hydrogens is 500 g/mol. The third-order valence-electron chi connectivity index (χ3n) is 6.70. The normalized spacial score (nSPS) is 10.8. The lowest BCUT2D eigenvalue weighted by molar-refractivity contribution is 0.294. The Hall–Kier alpha value is -3.54. The summed E-state index contributed by atoms with van der Waals surface area (Å²) in [5, 5.41) is 18.4. The van der Waals surface area contributed by atoms with Gasteiger partial charge in [0.1, 0.15) is 17.2 Å². The first-order valence-electron chi connectivity index (χ1n) is 14.3. The van der Waals surface area contributed by atoms with Crippen LogP contribution in [0.3, 0.4) is 0 Å². The van der Waals surface area contributed by atoms with Gasteiger partial charge in [-0.15, -0.1) is 0 Å². The molecule has 5 nitrogen and oxygen atoms in total. The summed E-state index contributed by atoms with van der Waals surface area (Å²) in [6.07, 6.45) is 7.11. The van der Waals surface area contributed by atoms with Gasteiger partial charge in [0, 0.05) is 18.4 Å². The molecule has 0 aliphatic carbocycles. The van der Waals surface area contributed by atoms with E-state index in [0.717, 1.165) is 63.5 Å². The number of benzene rings is 3. The Bertz CT molecular complexity index is 1220. The molecule has 40 heavy (non-hydrogen) atoms. The van der Waals surface area contributed by atoms with Crippen LogP contribution in [0.4, 0.5) is 0 Å². The fourth-order valence-electron chi connectivity index (χ4n) is 4.25. The molecule has 0 unspecified atom stereocenters. The Balaban J connectivity index is 1.81. The van der Waals surface area contributed by atoms with Crippen molar-refractivity contribution in [1.82, 2.24) is 0 Å². The molecule has 0 spiro atoms. The largest absolute Gasteiger partial charge is 0.493 e. The molecule has 0 aliphatic heterocycles. The summed E-state index contributed by atoms with van der Waals surface area (Å²) < 4.78 is 18.2. The Morgan fingerprint density at radius 2 is 1.20 bits per heavy atom. The molecule has 3 aromatic rings. The van der Waals surface area contributed by atoms with Gasteiger partial charge in [0.25, 0.3) is 0 Å². The van der Waals surface area contributed by atoms with Crippen LogP contribution in [0.15, 0.2) is 91.0 Å². The second-order valence-electron chi connectivity index (χ2n) is 10.0. The summed E-state index contributed by atoms with van der Waals surface area (Å²) in [4.78, 5) is 0. The number of hydrogen-bond donors (Lipinski definition) is 2. The van der Waals surface area contributed by atoms with E-state index < -0.39 is 0 Å². The molecule has 214 valence electrons. The minimum absolute atomic E-state index is 0.0222. The summed E-state index contributed by atoms with van der Waals surface area (Å²) in [5.41, 5.74) is 5.63. The van der Waals surface area contributed by atoms with Crippen LogP contribution >= 0.6 is 0 Å². The zero-order valence-corrected chi connectivity index (χ0v) is 23.9. The molecule has 3 aromatic carbocycles. The minimum Gasteiger partial charge on any atom is -0.493 e. The summed E-state index contributed by atoms with van der Waals surface area (Å²) in [6.45, 7) is 11.4. The first-order valence-corrected chi connectivity index (χ1v) is 14.3. The molecular formula is C35H44O5. The van der Waals surface area contributed by atoms with Crippen molar-refractivity contribution in [2.45, 2.75) is 51.9 Å². The molecule has 0 saturated heterocycles. The third-order valence-corrected chi connectivity index (χ3v) is 6.70. The summed E-state index contributed by atoms with van der Waals surface area (Å²) in [5.74, 6) is 2.38. The van der Waals surface area contributed by atoms with Crippen molar-refractivity contribution in [3.8, 4) is 39.5 Å². The Labute approximate surface area is 239 Å². The van der Waals surface area contributed by atoms with Crippen molar-refractivity contribution in [1.29, 1.82) is 0 Å². The van der Waals surface area contributed by atoms with Crippen molar-refractivity contribution < 1.29 is 24.4 Å². The van der Waals surface area contributed by atoms with E-state index in [9.17, 15) is 5.11 Å². The average Bonchev–Trinajstić information content (AvgIpc) is 2.99. The van der Waals surface area contributed by atoms with Crippen LogP contribution in [0.1, 0.15) is 51.9 Å². The van der Waals surface area contributed by atoms with Gasteiger partial charge in [-0.1, -0.05) is 82.2 Å². The Kier molecular flexibility index (Phi) is 13.3. The molecule has 0 atom stereocenters. The molecule has 0 aromatic heterocycles. The number of hydrogen-bond acceptors (Lipinski definition) is 5. The Morgan fingerprint density at radius 1 is 0.625 bits per heavy atom. The van der Waals surface area contributed by atoms with E-state index in [1.807, 2.05) is 36.4 Å². The zero-order chi connectivity index (χ0) is 28.6. The van der Waals surface area contributed by atoms with E-state index in [0.29, 0.717) is 32.7 Å². The van der Waals surface area contributed by atoms with Crippen LogP contribution in [-0.2, 0) is 0 Å².